The second kappa shape index (κ2) is 9.32. The predicted molar refractivity (Wildman–Crippen MR) is 79.4 cm³/mol. The Bertz CT molecular complexity index is 286. The summed E-state index contributed by atoms with van der Waals surface area (Å²) < 4.78 is 9.95. The molecule has 5 heteroatoms. The molecule has 1 rings (SSSR count). The van der Waals surface area contributed by atoms with Crippen LogP contribution in [0.1, 0.15) is 32.6 Å². The Balaban J connectivity index is 2.64. The highest BCUT2D eigenvalue weighted by Gasteiger charge is 2.32. The fourth-order valence-electron chi connectivity index (χ4n) is 3.12. The maximum absolute atomic E-state index is 11.4. The van der Waals surface area contributed by atoms with E-state index in [4.69, 9.17) is 15.2 Å². The monoisotopic (exact) mass is 286 g/mol. The zero-order valence-electron chi connectivity index (χ0n) is 13.1. The molecule has 1 fully saturated rings. The van der Waals surface area contributed by atoms with Crippen molar-refractivity contribution in [3.8, 4) is 0 Å². The highest BCUT2D eigenvalue weighted by Crippen LogP contribution is 2.31. The van der Waals surface area contributed by atoms with Gasteiger partial charge in [-0.25, -0.2) is 0 Å². The summed E-state index contributed by atoms with van der Waals surface area (Å²) in [7, 11) is 3.15. The minimum Gasteiger partial charge on any atom is -0.469 e. The van der Waals surface area contributed by atoms with E-state index in [0.717, 1.165) is 32.0 Å². The van der Waals surface area contributed by atoms with Gasteiger partial charge in [0.15, 0.2) is 0 Å². The van der Waals surface area contributed by atoms with E-state index in [1.807, 2.05) is 0 Å². The van der Waals surface area contributed by atoms with Gasteiger partial charge in [0.1, 0.15) is 0 Å². The van der Waals surface area contributed by atoms with Crippen molar-refractivity contribution in [1.82, 2.24) is 4.90 Å². The van der Waals surface area contributed by atoms with Gasteiger partial charge in [0.2, 0.25) is 0 Å². The number of nitrogens with two attached hydrogens (primary N) is 1. The number of ether oxygens (including phenoxy) is 2. The summed E-state index contributed by atoms with van der Waals surface area (Å²) in [5.41, 5.74) is 5.94. The fraction of sp³-hybridized carbons (Fsp3) is 0.933. The van der Waals surface area contributed by atoms with Gasteiger partial charge in [-0.05, 0) is 31.2 Å². The van der Waals surface area contributed by atoms with Crippen LogP contribution >= 0.6 is 0 Å². The maximum atomic E-state index is 11.4. The first-order valence-electron chi connectivity index (χ1n) is 7.62. The predicted octanol–water partition coefficient (Wildman–Crippen LogP) is 1.26. The van der Waals surface area contributed by atoms with Crippen molar-refractivity contribution in [2.45, 2.75) is 38.6 Å². The Kier molecular flexibility index (Phi) is 8.11. The van der Waals surface area contributed by atoms with E-state index in [0.29, 0.717) is 25.0 Å². The molecule has 0 heterocycles. The Morgan fingerprint density at radius 2 is 2.05 bits per heavy atom. The molecule has 0 aliphatic heterocycles. The molecule has 3 atom stereocenters. The zero-order valence-corrected chi connectivity index (χ0v) is 13.1. The van der Waals surface area contributed by atoms with E-state index in [1.165, 1.54) is 20.0 Å². The fourth-order valence-corrected chi connectivity index (χ4v) is 3.12. The Morgan fingerprint density at radius 3 is 2.65 bits per heavy atom. The number of nitrogens with zero attached hydrogens (tertiary/aromatic N) is 1. The third-order valence-corrected chi connectivity index (χ3v) is 4.40. The minimum atomic E-state index is -0.152. The van der Waals surface area contributed by atoms with E-state index in [-0.39, 0.29) is 5.97 Å². The molecule has 1 aliphatic carbocycles. The maximum Gasteiger partial charge on any atom is 0.306 e. The number of carbonyl (C=O) groups excluding carboxylic acids is 1. The van der Waals surface area contributed by atoms with Crippen molar-refractivity contribution < 1.29 is 14.3 Å². The molecule has 0 bridgehead atoms. The van der Waals surface area contributed by atoms with Crippen molar-refractivity contribution in [1.29, 1.82) is 0 Å². The van der Waals surface area contributed by atoms with E-state index in [2.05, 4.69) is 11.8 Å². The molecule has 0 spiro atoms. The Hall–Kier alpha value is -0.650. The molecule has 0 aromatic carbocycles. The van der Waals surface area contributed by atoms with Crippen LogP contribution < -0.4 is 5.73 Å². The van der Waals surface area contributed by atoms with Gasteiger partial charge in [-0.2, -0.15) is 0 Å². The van der Waals surface area contributed by atoms with E-state index < -0.39 is 0 Å². The zero-order chi connectivity index (χ0) is 15.0. The summed E-state index contributed by atoms with van der Waals surface area (Å²) >= 11 is 0. The third-order valence-electron chi connectivity index (χ3n) is 4.40. The summed E-state index contributed by atoms with van der Waals surface area (Å²) in [6.45, 7) is 5.28. The lowest BCUT2D eigenvalue weighted by atomic mass is 9.78. The molecule has 118 valence electrons. The largest absolute Gasteiger partial charge is 0.469 e. The van der Waals surface area contributed by atoms with Gasteiger partial charge in [0.25, 0.3) is 0 Å². The standard InChI is InChI=1S/C15H30N2O3/c1-12-4-5-13(11-16)14(10-12)17(8-9-19-2)7-6-15(18)20-3/h12-14H,4-11,16H2,1-3H3. The van der Waals surface area contributed by atoms with Crippen LogP contribution in [0.5, 0.6) is 0 Å². The highest BCUT2D eigenvalue weighted by molar-refractivity contribution is 5.69. The Morgan fingerprint density at radius 1 is 1.30 bits per heavy atom. The summed E-state index contributed by atoms with van der Waals surface area (Å²) in [5.74, 6) is 1.10. The van der Waals surface area contributed by atoms with Gasteiger partial charge in [0, 0.05) is 26.2 Å². The first-order valence-corrected chi connectivity index (χ1v) is 7.62. The lowest BCUT2D eigenvalue weighted by Crippen LogP contribution is -2.48. The average Bonchev–Trinajstić information content (AvgIpc) is 2.47. The molecule has 0 aromatic heterocycles. The van der Waals surface area contributed by atoms with Crippen LogP contribution in [0.15, 0.2) is 0 Å². The van der Waals surface area contributed by atoms with Crippen molar-refractivity contribution in [2.75, 3.05) is 40.5 Å². The molecule has 3 unspecified atom stereocenters. The molecule has 0 saturated heterocycles. The lowest BCUT2D eigenvalue weighted by Gasteiger charge is -2.41. The SMILES string of the molecule is COCCN(CCC(=O)OC)C1CC(C)CCC1CN. The summed E-state index contributed by atoms with van der Waals surface area (Å²) in [4.78, 5) is 13.8. The van der Waals surface area contributed by atoms with Gasteiger partial charge in [-0.15, -0.1) is 0 Å². The smallest absolute Gasteiger partial charge is 0.306 e. The molecular weight excluding hydrogens is 256 g/mol. The van der Waals surface area contributed by atoms with Gasteiger partial charge in [-0.3, -0.25) is 9.69 Å². The number of methoxy groups -OCH3 is 2. The molecule has 0 radical (unpaired) electrons. The van der Waals surface area contributed by atoms with Crippen LogP contribution in [0.3, 0.4) is 0 Å². The normalized spacial score (nSPS) is 26.8. The molecule has 1 aliphatic rings. The third kappa shape index (κ3) is 5.38. The van der Waals surface area contributed by atoms with Crippen LogP contribution in [0.25, 0.3) is 0 Å². The number of hydrogen-bond donors (Lipinski definition) is 1. The van der Waals surface area contributed by atoms with Crippen LogP contribution in [-0.2, 0) is 14.3 Å². The minimum absolute atomic E-state index is 0.152. The first-order chi connectivity index (χ1) is 9.62. The molecule has 1 saturated carbocycles. The van der Waals surface area contributed by atoms with Crippen LogP contribution in [0, 0.1) is 11.8 Å². The van der Waals surface area contributed by atoms with Crippen LogP contribution in [-0.4, -0.2) is 57.4 Å². The summed E-state index contributed by atoms with van der Waals surface area (Å²) in [5, 5.41) is 0. The van der Waals surface area contributed by atoms with Gasteiger partial charge < -0.3 is 15.2 Å². The number of esters is 1. The molecule has 5 nitrogen and oxygen atoms in total. The second-order valence-electron chi connectivity index (χ2n) is 5.84. The topological polar surface area (TPSA) is 64.8 Å². The van der Waals surface area contributed by atoms with E-state index in [9.17, 15) is 4.79 Å². The van der Waals surface area contributed by atoms with Gasteiger partial charge in [-0.1, -0.05) is 13.3 Å². The average molecular weight is 286 g/mol. The van der Waals surface area contributed by atoms with Crippen molar-refractivity contribution in [3.05, 3.63) is 0 Å². The number of carbonyl (C=O) groups is 1. The molecule has 0 aromatic rings. The molecular formula is C15H30N2O3. The van der Waals surface area contributed by atoms with E-state index in [1.54, 1.807) is 7.11 Å². The van der Waals surface area contributed by atoms with Crippen LogP contribution in [0.2, 0.25) is 0 Å². The molecule has 20 heavy (non-hydrogen) atoms. The van der Waals surface area contributed by atoms with Crippen LogP contribution in [0.4, 0.5) is 0 Å². The van der Waals surface area contributed by atoms with Crippen molar-refractivity contribution >= 4 is 5.97 Å². The molecule has 2 N–H and O–H groups in total. The van der Waals surface area contributed by atoms with Gasteiger partial charge >= 0.3 is 5.97 Å². The van der Waals surface area contributed by atoms with Crippen molar-refractivity contribution in [3.63, 3.8) is 0 Å². The number of hydrogen-bond acceptors (Lipinski definition) is 5. The first kappa shape index (κ1) is 17.4. The summed E-state index contributed by atoms with van der Waals surface area (Å²) in [6.07, 6.45) is 4.03. The summed E-state index contributed by atoms with van der Waals surface area (Å²) in [6, 6.07) is 0.462. The quantitative estimate of drug-likeness (QED) is 0.681. The Labute approximate surface area is 122 Å². The van der Waals surface area contributed by atoms with Gasteiger partial charge in [0.05, 0.1) is 20.1 Å². The van der Waals surface area contributed by atoms with Crippen molar-refractivity contribution in [2.24, 2.45) is 17.6 Å². The molecule has 0 amide bonds. The lowest BCUT2D eigenvalue weighted by molar-refractivity contribution is -0.141. The highest BCUT2D eigenvalue weighted by atomic mass is 16.5. The van der Waals surface area contributed by atoms with E-state index >= 15 is 0 Å². The second-order valence-corrected chi connectivity index (χ2v) is 5.84. The number of rotatable bonds is 8.